The lowest BCUT2D eigenvalue weighted by atomic mass is 10.1. The van der Waals surface area contributed by atoms with Crippen LogP contribution < -0.4 is 5.73 Å². The van der Waals surface area contributed by atoms with Gasteiger partial charge < -0.3 is 10.6 Å². The Labute approximate surface area is 120 Å². The summed E-state index contributed by atoms with van der Waals surface area (Å²) in [5, 5.41) is 0.212. The number of carbonyl (C=O) groups excluding carboxylic acids is 1. The quantitative estimate of drug-likeness (QED) is 0.815. The van der Waals surface area contributed by atoms with E-state index < -0.39 is 0 Å². The zero-order valence-corrected chi connectivity index (χ0v) is 12.6. The maximum Gasteiger partial charge on any atom is 0.257 e. The van der Waals surface area contributed by atoms with Crippen LogP contribution in [-0.4, -0.2) is 28.4 Å². The lowest BCUT2D eigenvalue weighted by Crippen LogP contribution is -2.39. The largest absolute Gasteiger partial charge is 0.397 e. The van der Waals surface area contributed by atoms with Crippen LogP contribution >= 0.6 is 11.6 Å². The average molecular weight is 284 g/mol. The molecular weight excluding hydrogens is 262 g/mol. The minimum Gasteiger partial charge on any atom is -0.397 e. The molecule has 1 heterocycles. The Hall–Kier alpha value is -1.29. The van der Waals surface area contributed by atoms with Crippen LogP contribution in [0.2, 0.25) is 5.15 Å². The number of anilines is 1. The monoisotopic (exact) mass is 283 g/mol. The predicted octanol–water partition coefficient (Wildman–Crippen LogP) is 3.36. The Morgan fingerprint density at radius 3 is 2.79 bits per heavy atom. The first-order valence-corrected chi connectivity index (χ1v) is 7.11. The highest BCUT2D eigenvalue weighted by Crippen LogP contribution is 2.20. The summed E-state index contributed by atoms with van der Waals surface area (Å²) in [4.78, 5) is 18.4. The molecule has 0 aliphatic heterocycles. The van der Waals surface area contributed by atoms with Crippen LogP contribution in [-0.2, 0) is 0 Å². The lowest BCUT2D eigenvalue weighted by Gasteiger charge is -2.29. The molecule has 0 spiro atoms. The lowest BCUT2D eigenvalue weighted by molar-refractivity contribution is 0.0685. The summed E-state index contributed by atoms with van der Waals surface area (Å²) in [7, 11) is 0. The second kappa shape index (κ2) is 7.34. The number of aromatic nitrogens is 1. The highest BCUT2D eigenvalue weighted by molar-refractivity contribution is 6.32. The van der Waals surface area contributed by atoms with E-state index in [9.17, 15) is 4.79 Å². The van der Waals surface area contributed by atoms with Gasteiger partial charge in [-0.2, -0.15) is 0 Å². The molecule has 106 valence electrons. The van der Waals surface area contributed by atoms with Crippen molar-refractivity contribution >= 4 is 23.2 Å². The molecule has 0 radical (unpaired) electrons. The summed E-state index contributed by atoms with van der Waals surface area (Å²) < 4.78 is 0. The molecule has 1 atom stereocenters. The molecule has 0 saturated carbocycles. The first-order chi connectivity index (χ1) is 9.01. The van der Waals surface area contributed by atoms with Crippen LogP contribution in [0.1, 0.15) is 50.4 Å². The molecular formula is C14H22ClN3O. The van der Waals surface area contributed by atoms with Gasteiger partial charge in [0, 0.05) is 12.6 Å². The van der Waals surface area contributed by atoms with Gasteiger partial charge in [-0.15, -0.1) is 0 Å². The molecule has 1 rings (SSSR count). The Morgan fingerprint density at radius 2 is 2.21 bits per heavy atom. The number of hydrogen-bond donors (Lipinski definition) is 1. The fourth-order valence-corrected chi connectivity index (χ4v) is 2.02. The molecule has 1 aromatic rings. The number of nitrogen functional groups attached to an aromatic ring is 1. The normalized spacial score (nSPS) is 12.2. The molecule has 19 heavy (non-hydrogen) atoms. The molecule has 0 aliphatic carbocycles. The molecule has 0 bridgehead atoms. The Balaban J connectivity index is 3.00. The fraction of sp³-hybridized carbons (Fsp3) is 0.571. The summed E-state index contributed by atoms with van der Waals surface area (Å²) in [5.41, 5.74) is 6.52. The molecule has 2 N–H and O–H groups in total. The fourth-order valence-electron chi connectivity index (χ4n) is 1.84. The summed E-state index contributed by atoms with van der Waals surface area (Å²) >= 11 is 6.00. The number of rotatable bonds is 6. The summed E-state index contributed by atoms with van der Waals surface area (Å²) in [6.07, 6.45) is 4.38. The number of hydrogen-bond acceptors (Lipinski definition) is 3. The molecule has 0 fully saturated rings. The van der Waals surface area contributed by atoms with Gasteiger partial charge in [-0.05, 0) is 25.8 Å². The van der Waals surface area contributed by atoms with Crippen LogP contribution in [0.5, 0.6) is 0 Å². The van der Waals surface area contributed by atoms with E-state index in [0.29, 0.717) is 11.3 Å². The van der Waals surface area contributed by atoms with Gasteiger partial charge in [0.2, 0.25) is 0 Å². The maximum atomic E-state index is 12.6. The van der Waals surface area contributed by atoms with Crippen molar-refractivity contribution in [1.82, 2.24) is 9.88 Å². The third-order valence-electron chi connectivity index (χ3n) is 3.23. The Bertz CT molecular complexity index is 437. The van der Waals surface area contributed by atoms with E-state index in [2.05, 4.69) is 18.8 Å². The van der Waals surface area contributed by atoms with Crippen molar-refractivity contribution in [2.75, 3.05) is 12.3 Å². The zero-order valence-electron chi connectivity index (χ0n) is 11.8. The van der Waals surface area contributed by atoms with Crippen molar-refractivity contribution in [3.8, 4) is 0 Å². The number of pyridine rings is 1. The number of unbranched alkanes of at least 4 members (excludes halogenated alkanes) is 1. The van der Waals surface area contributed by atoms with Crippen LogP contribution in [0, 0.1) is 0 Å². The van der Waals surface area contributed by atoms with Crippen LogP contribution in [0.25, 0.3) is 0 Å². The van der Waals surface area contributed by atoms with Gasteiger partial charge in [0.15, 0.2) is 0 Å². The van der Waals surface area contributed by atoms with Crippen molar-refractivity contribution in [2.45, 2.75) is 46.1 Å². The summed E-state index contributed by atoms with van der Waals surface area (Å²) in [6.45, 7) is 6.95. The van der Waals surface area contributed by atoms with Gasteiger partial charge in [0.25, 0.3) is 5.91 Å². The Morgan fingerprint density at radius 1 is 1.53 bits per heavy atom. The van der Waals surface area contributed by atoms with Crippen molar-refractivity contribution in [3.63, 3.8) is 0 Å². The smallest absolute Gasteiger partial charge is 0.257 e. The third-order valence-corrected chi connectivity index (χ3v) is 3.53. The molecule has 1 amide bonds. The minimum absolute atomic E-state index is 0.0902. The maximum absolute atomic E-state index is 12.6. The second-order valence-electron chi connectivity index (χ2n) is 4.72. The Kier molecular flexibility index (Phi) is 6.09. The number of nitrogens with zero attached hydrogens (tertiary/aromatic N) is 2. The van der Waals surface area contributed by atoms with Gasteiger partial charge >= 0.3 is 0 Å². The number of carbonyl (C=O) groups is 1. The van der Waals surface area contributed by atoms with E-state index in [0.717, 1.165) is 25.8 Å². The highest BCUT2D eigenvalue weighted by Gasteiger charge is 2.22. The van der Waals surface area contributed by atoms with Gasteiger partial charge in [0.05, 0.1) is 17.4 Å². The molecule has 0 aromatic carbocycles. The van der Waals surface area contributed by atoms with Crippen LogP contribution in [0.3, 0.4) is 0 Å². The van der Waals surface area contributed by atoms with E-state index >= 15 is 0 Å². The van der Waals surface area contributed by atoms with Crippen LogP contribution in [0.15, 0.2) is 12.3 Å². The number of amides is 1. The minimum atomic E-state index is -0.0902. The van der Waals surface area contributed by atoms with Crippen molar-refractivity contribution in [3.05, 3.63) is 23.0 Å². The van der Waals surface area contributed by atoms with E-state index in [1.54, 1.807) is 6.07 Å². The summed E-state index contributed by atoms with van der Waals surface area (Å²) in [5.74, 6) is -0.0902. The molecule has 1 unspecified atom stereocenters. The van der Waals surface area contributed by atoms with E-state index in [1.807, 2.05) is 11.8 Å². The van der Waals surface area contributed by atoms with E-state index in [-0.39, 0.29) is 17.1 Å². The SMILES string of the molecule is CCCCN(C(=O)c1cc(N)cnc1Cl)C(C)CC. The second-order valence-corrected chi connectivity index (χ2v) is 5.07. The van der Waals surface area contributed by atoms with E-state index in [4.69, 9.17) is 17.3 Å². The summed E-state index contributed by atoms with van der Waals surface area (Å²) in [6, 6.07) is 1.77. The molecule has 4 nitrogen and oxygen atoms in total. The first kappa shape index (κ1) is 15.8. The molecule has 0 aliphatic rings. The molecule has 5 heteroatoms. The molecule has 1 aromatic heterocycles. The predicted molar refractivity (Wildman–Crippen MR) is 79.4 cm³/mol. The standard InChI is InChI=1S/C14H22ClN3O/c1-4-6-7-18(10(3)5-2)14(19)12-8-11(16)9-17-13(12)15/h8-10H,4-7,16H2,1-3H3. The first-order valence-electron chi connectivity index (χ1n) is 6.73. The number of halogens is 1. The highest BCUT2D eigenvalue weighted by atomic mass is 35.5. The molecule has 0 saturated heterocycles. The van der Waals surface area contributed by atoms with Crippen molar-refractivity contribution in [1.29, 1.82) is 0 Å². The topological polar surface area (TPSA) is 59.2 Å². The van der Waals surface area contributed by atoms with Gasteiger partial charge in [0.1, 0.15) is 5.15 Å². The van der Waals surface area contributed by atoms with Crippen molar-refractivity contribution in [2.24, 2.45) is 0 Å². The van der Waals surface area contributed by atoms with Crippen LogP contribution in [0.4, 0.5) is 5.69 Å². The number of nitrogens with two attached hydrogens (primary N) is 1. The zero-order chi connectivity index (χ0) is 14.4. The third kappa shape index (κ3) is 4.10. The van der Waals surface area contributed by atoms with Gasteiger partial charge in [-0.3, -0.25) is 4.79 Å². The van der Waals surface area contributed by atoms with Crippen molar-refractivity contribution < 1.29 is 4.79 Å². The average Bonchev–Trinajstić information content (AvgIpc) is 2.41. The van der Waals surface area contributed by atoms with Gasteiger partial charge in [-0.1, -0.05) is 31.9 Å². The van der Waals surface area contributed by atoms with E-state index in [1.165, 1.54) is 6.20 Å². The van der Waals surface area contributed by atoms with Gasteiger partial charge in [-0.25, -0.2) is 4.98 Å².